The summed E-state index contributed by atoms with van der Waals surface area (Å²) in [6.07, 6.45) is 2.38. The molecular formula is C18H18FNO3. The van der Waals surface area contributed by atoms with Gasteiger partial charge in [-0.05, 0) is 37.5 Å². The van der Waals surface area contributed by atoms with Crippen LogP contribution in [0.2, 0.25) is 0 Å². The molecule has 0 bridgehead atoms. The Kier molecular flexibility index (Phi) is 4.86. The first-order valence-electron chi connectivity index (χ1n) is 7.75. The number of rotatable bonds is 6. The summed E-state index contributed by atoms with van der Waals surface area (Å²) in [5, 5.41) is 0. The lowest BCUT2D eigenvalue weighted by molar-refractivity contribution is 0.0816. The van der Waals surface area contributed by atoms with Crippen molar-refractivity contribution in [2.24, 2.45) is 5.92 Å². The number of nitrogens with zero attached hydrogens (tertiary/aromatic N) is 1. The van der Waals surface area contributed by atoms with Gasteiger partial charge in [0.25, 0.3) is 0 Å². The second-order valence-corrected chi connectivity index (χ2v) is 5.51. The average molecular weight is 315 g/mol. The Labute approximate surface area is 134 Å². The van der Waals surface area contributed by atoms with Crippen LogP contribution in [0.5, 0.6) is 11.6 Å². The predicted molar refractivity (Wildman–Crippen MR) is 83.3 cm³/mol. The van der Waals surface area contributed by atoms with E-state index in [2.05, 4.69) is 4.98 Å². The summed E-state index contributed by atoms with van der Waals surface area (Å²) in [4.78, 5) is 16.0. The van der Waals surface area contributed by atoms with Crippen molar-refractivity contribution in [3.05, 3.63) is 54.0 Å². The average Bonchev–Trinajstić information content (AvgIpc) is 2.57. The fourth-order valence-corrected chi connectivity index (χ4v) is 2.64. The van der Waals surface area contributed by atoms with E-state index in [1.54, 1.807) is 12.1 Å². The van der Waals surface area contributed by atoms with Gasteiger partial charge in [-0.3, -0.25) is 4.79 Å². The van der Waals surface area contributed by atoms with Crippen LogP contribution in [0.3, 0.4) is 0 Å². The smallest absolute Gasteiger partial charge is 0.216 e. The monoisotopic (exact) mass is 315 g/mol. The Morgan fingerprint density at radius 1 is 1.17 bits per heavy atom. The molecule has 120 valence electrons. The second kappa shape index (κ2) is 7.22. The zero-order chi connectivity index (χ0) is 16.1. The molecule has 4 nitrogen and oxygen atoms in total. The van der Waals surface area contributed by atoms with Crippen molar-refractivity contribution in [2.75, 3.05) is 13.2 Å². The third-order valence-electron chi connectivity index (χ3n) is 3.85. The second-order valence-electron chi connectivity index (χ2n) is 5.51. The Bertz CT molecular complexity index is 689. The molecule has 0 aliphatic carbocycles. The molecule has 1 aromatic heterocycles. The highest BCUT2D eigenvalue weighted by molar-refractivity contribution is 6.01. The van der Waals surface area contributed by atoms with Crippen LogP contribution in [-0.2, 0) is 0 Å². The zero-order valence-corrected chi connectivity index (χ0v) is 12.7. The van der Waals surface area contributed by atoms with Gasteiger partial charge in [-0.15, -0.1) is 0 Å². The van der Waals surface area contributed by atoms with E-state index >= 15 is 0 Å². The van der Waals surface area contributed by atoms with Crippen molar-refractivity contribution in [3.8, 4) is 11.6 Å². The molecule has 0 saturated carbocycles. The van der Waals surface area contributed by atoms with Gasteiger partial charge in [-0.2, -0.15) is 9.37 Å². The maximum atomic E-state index is 12.9. The predicted octanol–water partition coefficient (Wildman–Crippen LogP) is 3.66. The van der Waals surface area contributed by atoms with E-state index in [9.17, 15) is 9.18 Å². The Hall–Kier alpha value is -2.43. The highest BCUT2D eigenvalue weighted by Crippen LogP contribution is 2.29. The van der Waals surface area contributed by atoms with Crippen molar-refractivity contribution >= 4 is 5.78 Å². The number of aromatic nitrogens is 1. The Balaban J connectivity index is 1.42. The molecule has 1 unspecified atom stereocenters. The normalized spacial score (nSPS) is 16.6. The molecular weight excluding hydrogens is 297 g/mol. The third-order valence-corrected chi connectivity index (χ3v) is 3.85. The first-order valence-corrected chi connectivity index (χ1v) is 7.75. The molecule has 1 aliphatic heterocycles. The number of pyridine rings is 1. The van der Waals surface area contributed by atoms with Crippen LogP contribution in [0.1, 0.15) is 29.6 Å². The van der Waals surface area contributed by atoms with E-state index in [-0.39, 0.29) is 17.6 Å². The standard InChI is InChI=1S/C18H18FNO3/c19-16-9-5-10-17(20-16)22-11-4-3-6-13-12-23-15-8-2-1-7-14(15)18(13)21/h1-2,5,7-10,13H,3-4,6,11-12H2. The van der Waals surface area contributed by atoms with Crippen LogP contribution < -0.4 is 9.47 Å². The number of carbonyl (C=O) groups excluding carboxylic acids is 1. The Morgan fingerprint density at radius 2 is 2.04 bits per heavy atom. The highest BCUT2D eigenvalue weighted by atomic mass is 19.1. The first-order chi connectivity index (χ1) is 11.2. The van der Waals surface area contributed by atoms with E-state index in [0.29, 0.717) is 24.5 Å². The van der Waals surface area contributed by atoms with Gasteiger partial charge in [-0.1, -0.05) is 18.2 Å². The van der Waals surface area contributed by atoms with Crippen LogP contribution in [0, 0.1) is 11.9 Å². The molecule has 0 amide bonds. The van der Waals surface area contributed by atoms with Crippen LogP contribution in [0.15, 0.2) is 42.5 Å². The van der Waals surface area contributed by atoms with Gasteiger partial charge >= 0.3 is 0 Å². The molecule has 0 fully saturated rings. The Morgan fingerprint density at radius 3 is 2.91 bits per heavy atom. The summed E-state index contributed by atoms with van der Waals surface area (Å²) in [5.41, 5.74) is 0.670. The number of hydrogen-bond acceptors (Lipinski definition) is 4. The van der Waals surface area contributed by atoms with Crippen molar-refractivity contribution < 1.29 is 18.7 Å². The zero-order valence-electron chi connectivity index (χ0n) is 12.7. The van der Waals surface area contributed by atoms with Crippen molar-refractivity contribution in [3.63, 3.8) is 0 Å². The summed E-state index contributed by atoms with van der Waals surface area (Å²) in [6, 6.07) is 11.8. The molecule has 0 N–H and O–H groups in total. The topological polar surface area (TPSA) is 48.4 Å². The van der Waals surface area contributed by atoms with Gasteiger partial charge in [0.1, 0.15) is 5.75 Å². The summed E-state index contributed by atoms with van der Waals surface area (Å²) in [5.74, 6) is 0.466. The number of carbonyl (C=O) groups is 1. The number of ketones is 1. The van der Waals surface area contributed by atoms with Crippen LogP contribution in [0.4, 0.5) is 4.39 Å². The SMILES string of the molecule is O=C1c2ccccc2OCC1CCCCOc1cccc(F)n1. The lowest BCUT2D eigenvalue weighted by atomic mass is 9.91. The van der Waals surface area contributed by atoms with Gasteiger partial charge in [0.05, 0.1) is 24.7 Å². The number of fused-ring (bicyclic) bond motifs is 1. The molecule has 0 spiro atoms. The number of benzene rings is 1. The number of hydrogen-bond donors (Lipinski definition) is 0. The molecule has 2 aromatic rings. The van der Waals surface area contributed by atoms with Gasteiger partial charge in [0.15, 0.2) is 5.78 Å². The van der Waals surface area contributed by atoms with Crippen LogP contribution in [0.25, 0.3) is 0 Å². The third kappa shape index (κ3) is 3.86. The van der Waals surface area contributed by atoms with Gasteiger partial charge in [-0.25, -0.2) is 0 Å². The lowest BCUT2D eigenvalue weighted by Crippen LogP contribution is -2.27. The van der Waals surface area contributed by atoms with Gasteiger partial charge < -0.3 is 9.47 Å². The number of para-hydroxylation sites is 1. The maximum Gasteiger partial charge on any atom is 0.216 e. The minimum atomic E-state index is -0.550. The molecule has 1 aromatic carbocycles. The number of ether oxygens (including phenoxy) is 2. The maximum absolute atomic E-state index is 12.9. The van der Waals surface area contributed by atoms with E-state index in [4.69, 9.17) is 9.47 Å². The summed E-state index contributed by atoms with van der Waals surface area (Å²) >= 11 is 0. The van der Waals surface area contributed by atoms with Crippen molar-refractivity contribution in [1.82, 2.24) is 4.98 Å². The van der Waals surface area contributed by atoms with E-state index < -0.39 is 5.95 Å². The van der Waals surface area contributed by atoms with Gasteiger partial charge in [0.2, 0.25) is 11.8 Å². The molecule has 3 rings (SSSR count). The van der Waals surface area contributed by atoms with Crippen LogP contribution in [-0.4, -0.2) is 24.0 Å². The largest absolute Gasteiger partial charge is 0.492 e. The molecule has 2 heterocycles. The van der Waals surface area contributed by atoms with E-state index in [1.807, 2.05) is 24.3 Å². The fourth-order valence-electron chi connectivity index (χ4n) is 2.64. The quantitative estimate of drug-likeness (QED) is 0.603. The molecule has 23 heavy (non-hydrogen) atoms. The summed E-state index contributed by atoms with van der Waals surface area (Å²) in [7, 11) is 0. The van der Waals surface area contributed by atoms with E-state index in [0.717, 1.165) is 19.3 Å². The van der Waals surface area contributed by atoms with Crippen LogP contribution >= 0.6 is 0 Å². The first kappa shape index (κ1) is 15.5. The molecule has 1 atom stereocenters. The summed E-state index contributed by atoms with van der Waals surface area (Å²) < 4.78 is 23.9. The number of unbranched alkanes of at least 4 members (excludes halogenated alkanes) is 1. The lowest BCUT2D eigenvalue weighted by Gasteiger charge is -2.23. The molecule has 0 radical (unpaired) electrons. The molecule has 1 aliphatic rings. The van der Waals surface area contributed by atoms with Crippen molar-refractivity contribution in [1.29, 1.82) is 0 Å². The van der Waals surface area contributed by atoms with Crippen molar-refractivity contribution in [2.45, 2.75) is 19.3 Å². The minimum Gasteiger partial charge on any atom is -0.492 e. The number of halogens is 1. The van der Waals surface area contributed by atoms with Gasteiger partial charge in [0, 0.05) is 6.07 Å². The van der Waals surface area contributed by atoms with E-state index in [1.165, 1.54) is 6.07 Å². The summed E-state index contributed by atoms with van der Waals surface area (Å²) in [6.45, 7) is 0.886. The molecule has 5 heteroatoms. The highest BCUT2D eigenvalue weighted by Gasteiger charge is 2.27. The molecule has 0 saturated heterocycles. The minimum absolute atomic E-state index is 0.0998. The fraction of sp³-hybridized carbons (Fsp3) is 0.333. The number of Topliss-reactive ketones (excluding diaryl/α,β-unsaturated/α-hetero) is 1.